The van der Waals surface area contributed by atoms with E-state index in [4.69, 9.17) is 14.2 Å². The van der Waals surface area contributed by atoms with Crippen LogP contribution in [0.1, 0.15) is 33.6 Å². The van der Waals surface area contributed by atoms with Crippen LogP contribution in [0.3, 0.4) is 0 Å². The summed E-state index contributed by atoms with van der Waals surface area (Å²) in [6, 6.07) is 3.33. The van der Waals surface area contributed by atoms with Gasteiger partial charge in [-0.25, -0.2) is 9.37 Å². The molecule has 2 aromatic rings. The van der Waals surface area contributed by atoms with Gasteiger partial charge in [0, 0.05) is 25.8 Å². The molecule has 0 bridgehead atoms. The van der Waals surface area contributed by atoms with Crippen molar-refractivity contribution in [1.29, 1.82) is 0 Å². The Balaban J connectivity index is 1.51. The summed E-state index contributed by atoms with van der Waals surface area (Å²) in [7, 11) is 0. The van der Waals surface area contributed by atoms with Crippen molar-refractivity contribution in [3.05, 3.63) is 17.9 Å². The van der Waals surface area contributed by atoms with Gasteiger partial charge in [0.15, 0.2) is 11.6 Å². The van der Waals surface area contributed by atoms with E-state index in [0.29, 0.717) is 41.5 Å². The number of hydrogen-bond donors (Lipinski definition) is 1. The third kappa shape index (κ3) is 4.42. The van der Waals surface area contributed by atoms with E-state index < -0.39 is 5.82 Å². The van der Waals surface area contributed by atoms with Crippen LogP contribution in [0.15, 0.2) is 12.1 Å². The molecule has 1 saturated carbocycles. The molecule has 1 aliphatic carbocycles. The first kappa shape index (κ1) is 18.8. The van der Waals surface area contributed by atoms with E-state index in [-0.39, 0.29) is 29.9 Å². The summed E-state index contributed by atoms with van der Waals surface area (Å²) >= 11 is 1.18. The molecule has 0 saturated heterocycles. The molecule has 8 heteroatoms. The second-order valence-corrected chi connectivity index (χ2v) is 7.37. The maximum Gasteiger partial charge on any atom is 0.274 e. The number of benzene rings is 1. The first-order chi connectivity index (χ1) is 12.5. The number of halogens is 1. The predicted octanol–water partition coefficient (Wildman–Crippen LogP) is 3.29. The number of carbonyl (C=O) groups excluding carboxylic acids is 1. The third-order valence-corrected chi connectivity index (χ3v) is 5.06. The Hall–Kier alpha value is -1.93. The van der Waals surface area contributed by atoms with Crippen LogP contribution >= 0.6 is 11.3 Å². The lowest BCUT2D eigenvalue weighted by Crippen LogP contribution is -2.42. The minimum Gasteiger partial charge on any atom is -0.487 e. The first-order valence-electron chi connectivity index (χ1n) is 8.73. The van der Waals surface area contributed by atoms with E-state index in [9.17, 15) is 9.18 Å². The molecule has 0 radical (unpaired) electrons. The van der Waals surface area contributed by atoms with E-state index in [2.05, 4.69) is 10.3 Å². The predicted molar refractivity (Wildman–Crippen MR) is 97.4 cm³/mol. The number of ether oxygens (including phenoxy) is 3. The minimum absolute atomic E-state index is 0.0295. The fourth-order valence-electron chi connectivity index (χ4n) is 2.80. The number of carbonyl (C=O) groups is 1. The van der Waals surface area contributed by atoms with Crippen molar-refractivity contribution in [2.45, 2.75) is 51.9 Å². The van der Waals surface area contributed by atoms with Gasteiger partial charge in [0.1, 0.15) is 6.10 Å². The molecule has 26 heavy (non-hydrogen) atoms. The van der Waals surface area contributed by atoms with Crippen molar-refractivity contribution in [1.82, 2.24) is 10.3 Å². The second kappa shape index (κ2) is 8.18. The number of nitrogens with one attached hydrogen (secondary N) is 1. The molecule has 1 N–H and O–H groups in total. The molecule has 0 spiro atoms. The molecule has 142 valence electrons. The van der Waals surface area contributed by atoms with E-state index in [1.165, 1.54) is 18.3 Å². The Labute approximate surface area is 155 Å². The van der Waals surface area contributed by atoms with Crippen LogP contribution in [-0.4, -0.2) is 42.4 Å². The molecule has 1 aliphatic rings. The average molecular weight is 382 g/mol. The van der Waals surface area contributed by atoms with Crippen LogP contribution in [0.5, 0.6) is 10.9 Å². The van der Waals surface area contributed by atoms with Crippen molar-refractivity contribution in [2.24, 2.45) is 0 Å². The van der Waals surface area contributed by atoms with E-state index in [1.54, 1.807) is 12.1 Å². The normalized spacial score (nSPS) is 20.5. The van der Waals surface area contributed by atoms with Gasteiger partial charge in [0.05, 0.1) is 29.5 Å². The molecule has 6 nitrogen and oxygen atoms in total. The molecule has 0 aliphatic heterocycles. The van der Waals surface area contributed by atoms with Gasteiger partial charge in [-0.2, -0.15) is 0 Å². The van der Waals surface area contributed by atoms with Gasteiger partial charge in [-0.05, 0) is 26.0 Å². The molecule has 1 fully saturated rings. The fraction of sp³-hybridized carbons (Fsp3) is 0.556. The van der Waals surface area contributed by atoms with Crippen molar-refractivity contribution >= 4 is 27.5 Å². The average Bonchev–Trinajstić information content (AvgIpc) is 2.94. The molecule has 1 aromatic heterocycles. The summed E-state index contributed by atoms with van der Waals surface area (Å²) in [5.41, 5.74) is 0.574. The Morgan fingerprint density at radius 1 is 1.42 bits per heavy atom. The zero-order valence-electron chi connectivity index (χ0n) is 15.1. The van der Waals surface area contributed by atoms with Crippen LogP contribution in [-0.2, 0) is 9.53 Å². The van der Waals surface area contributed by atoms with Crippen molar-refractivity contribution in [3.8, 4) is 10.9 Å². The van der Waals surface area contributed by atoms with E-state index in [1.807, 2.05) is 13.8 Å². The summed E-state index contributed by atoms with van der Waals surface area (Å²) in [4.78, 5) is 15.2. The Morgan fingerprint density at radius 3 is 2.88 bits per heavy atom. The maximum atomic E-state index is 14.6. The summed E-state index contributed by atoms with van der Waals surface area (Å²) in [6.07, 6.45) is 1.42. The van der Waals surface area contributed by atoms with E-state index in [0.717, 1.165) is 0 Å². The van der Waals surface area contributed by atoms with Gasteiger partial charge in [-0.1, -0.05) is 11.3 Å². The largest absolute Gasteiger partial charge is 0.487 e. The molecular weight excluding hydrogens is 359 g/mol. The molecule has 3 rings (SSSR count). The van der Waals surface area contributed by atoms with Crippen molar-refractivity contribution in [3.63, 3.8) is 0 Å². The summed E-state index contributed by atoms with van der Waals surface area (Å²) in [5.74, 6) is -0.230. The number of aromatic nitrogens is 1. The number of fused-ring (bicyclic) bond motifs is 1. The molecule has 0 unspecified atom stereocenters. The smallest absolute Gasteiger partial charge is 0.274 e. The van der Waals surface area contributed by atoms with Crippen LogP contribution in [0.2, 0.25) is 0 Å². The molecule has 1 atom stereocenters. The lowest BCUT2D eigenvalue weighted by molar-refractivity contribution is -0.121. The van der Waals surface area contributed by atoms with Crippen LogP contribution < -0.4 is 14.8 Å². The van der Waals surface area contributed by atoms with Crippen LogP contribution in [0.25, 0.3) is 10.2 Å². The lowest BCUT2D eigenvalue weighted by atomic mass is 9.92. The zero-order valence-corrected chi connectivity index (χ0v) is 15.9. The van der Waals surface area contributed by atoms with Gasteiger partial charge < -0.3 is 19.5 Å². The van der Waals surface area contributed by atoms with Gasteiger partial charge in [0.25, 0.3) is 5.19 Å². The standard InChI is InChI=1S/C18H23FN2O4S/c1-4-23-18-21-14-5-6-15(16(19)17(14)26-18)25-13-7-12(8-13)24-9-10(2)20-11(3)22/h5-6,10,12-13H,4,7-9H2,1-3H3,(H,20,22)/t10-,12?,13?/m0/s1. The number of rotatable bonds is 8. The van der Waals surface area contributed by atoms with Gasteiger partial charge in [-0.15, -0.1) is 0 Å². The monoisotopic (exact) mass is 382 g/mol. The van der Waals surface area contributed by atoms with E-state index >= 15 is 0 Å². The fourth-order valence-corrected chi connectivity index (χ4v) is 3.70. The number of nitrogens with zero attached hydrogens (tertiary/aromatic N) is 1. The molecular formula is C18H23FN2O4S. The highest BCUT2D eigenvalue weighted by atomic mass is 32.1. The number of amides is 1. The summed E-state index contributed by atoms with van der Waals surface area (Å²) in [5, 5.41) is 3.23. The Morgan fingerprint density at radius 2 is 2.19 bits per heavy atom. The molecule has 1 aromatic carbocycles. The highest BCUT2D eigenvalue weighted by Gasteiger charge is 2.33. The first-order valence-corrected chi connectivity index (χ1v) is 9.55. The summed E-state index contributed by atoms with van der Waals surface area (Å²) in [6.45, 7) is 6.19. The molecule has 1 amide bonds. The number of hydrogen-bond acceptors (Lipinski definition) is 6. The maximum absolute atomic E-state index is 14.6. The van der Waals surface area contributed by atoms with Crippen LogP contribution in [0, 0.1) is 5.82 Å². The Bertz CT molecular complexity index is 776. The second-order valence-electron chi connectivity index (χ2n) is 6.41. The third-order valence-electron chi connectivity index (χ3n) is 4.09. The van der Waals surface area contributed by atoms with Crippen LogP contribution in [0.4, 0.5) is 4.39 Å². The highest BCUT2D eigenvalue weighted by molar-refractivity contribution is 7.20. The van der Waals surface area contributed by atoms with Gasteiger partial charge in [-0.3, -0.25) is 4.79 Å². The minimum atomic E-state index is -0.394. The summed E-state index contributed by atoms with van der Waals surface area (Å²) < 4.78 is 31.9. The topological polar surface area (TPSA) is 69.7 Å². The Kier molecular flexibility index (Phi) is 5.93. The van der Waals surface area contributed by atoms with Crippen molar-refractivity contribution in [2.75, 3.05) is 13.2 Å². The quantitative estimate of drug-likeness (QED) is 0.759. The molecule has 1 heterocycles. The van der Waals surface area contributed by atoms with Crippen molar-refractivity contribution < 1.29 is 23.4 Å². The highest BCUT2D eigenvalue weighted by Crippen LogP contribution is 2.36. The van der Waals surface area contributed by atoms with Gasteiger partial charge in [0.2, 0.25) is 5.91 Å². The zero-order chi connectivity index (χ0) is 18.7. The number of thiazole rings is 1. The SMILES string of the molecule is CCOc1nc2ccc(OC3CC(OC[C@H](C)NC(C)=O)C3)c(F)c2s1. The lowest BCUT2D eigenvalue weighted by Gasteiger charge is -2.35. The van der Waals surface area contributed by atoms with Gasteiger partial charge >= 0.3 is 0 Å².